The van der Waals surface area contributed by atoms with E-state index in [2.05, 4.69) is 25.7 Å². The lowest BCUT2D eigenvalue weighted by molar-refractivity contribution is 0.100. The summed E-state index contributed by atoms with van der Waals surface area (Å²) in [6, 6.07) is 3.83. The molecule has 0 spiro atoms. The van der Waals surface area contributed by atoms with Crippen molar-refractivity contribution >= 4 is 23.4 Å². The van der Waals surface area contributed by atoms with Crippen LogP contribution in [0, 0.1) is 11.6 Å². The van der Waals surface area contributed by atoms with Crippen molar-refractivity contribution in [3.05, 3.63) is 59.6 Å². The monoisotopic (exact) mass is 359 g/mol. The molecule has 10 heteroatoms. The number of carbonyl (C=O) groups is 1. The topological polar surface area (TPSA) is 111 Å². The van der Waals surface area contributed by atoms with Gasteiger partial charge in [0.05, 0.1) is 17.4 Å². The minimum atomic E-state index is -0.969. The molecule has 26 heavy (non-hydrogen) atoms. The van der Waals surface area contributed by atoms with Gasteiger partial charge in [0.15, 0.2) is 11.6 Å². The number of halogens is 2. The molecular weight excluding hydrogens is 344 g/mol. The van der Waals surface area contributed by atoms with Gasteiger partial charge in [-0.1, -0.05) is 12.1 Å². The third-order valence-corrected chi connectivity index (χ3v) is 3.49. The third kappa shape index (κ3) is 3.74. The number of hydrogen-bond acceptors (Lipinski definition) is 6. The van der Waals surface area contributed by atoms with E-state index in [-0.39, 0.29) is 29.4 Å². The van der Waals surface area contributed by atoms with E-state index in [0.717, 1.165) is 6.07 Å². The standard InChI is InChI=1S/C16H15F2N7O/c1-25-8-10(6-22-25)23-16-21-7-11(14(19)26)15(24-16)20-5-9-3-2-4-12(17)13(9)18/h2-4,6-8H,5H2,1H3,(H2,19,26)(H2,20,21,23,24). The zero-order chi connectivity index (χ0) is 18.7. The van der Waals surface area contributed by atoms with Gasteiger partial charge in [0.25, 0.3) is 5.91 Å². The Bertz CT molecular complexity index is 958. The molecule has 1 aromatic carbocycles. The van der Waals surface area contributed by atoms with E-state index < -0.39 is 17.5 Å². The Morgan fingerprint density at radius 3 is 2.81 bits per heavy atom. The average Bonchev–Trinajstić information content (AvgIpc) is 3.01. The number of nitrogens with one attached hydrogen (secondary N) is 2. The summed E-state index contributed by atoms with van der Waals surface area (Å²) in [6.45, 7) is -0.0901. The summed E-state index contributed by atoms with van der Waals surface area (Å²) >= 11 is 0. The average molecular weight is 359 g/mol. The van der Waals surface area contributed by atoms with Gasteiger partial charge in [-0.3, -0.25) is 9.48 Å². The highest BCUT2D eigenvalue weighted by molar-refractivity contribution is 5.97. The van der Waals surface area contributed by atoms with Crippen LogP contribution >= 0.6 is 0 Å². The van der Waals surface area contributed by atoms with Gasteiger partial charge in [0.2, 0.25) is 5.95 Å². The maximum absolute atomic E-state index is 13.8. The van der Waals surface area contributed by atoms with Gasteiger partial charge in [-0.15, -0.1) is 0 Å². The molecule has 134 valence electrons. The van der Waals surface area contributed by atoms with E-state index in [1.807, 2.05) is 0 Å². The van der Waals surface area contributed by atoms with Gasteiger partial charge in [-0.05, 0) is 6.07 Å². The van der Waals surface area contributed by atoms with Gasteiger partial charge < -0.3 is 16.4 Å². The minimum absolute atomic E-state index is 0.0264. The van der Waals surface area contributed by atoms with Crippen LogP contribution in [0.3, 0.4) is 0 Å². The molecule has 2 heterocycles. The van der Waals surface area contributed by atoms with Crippen LogP contribution in [0.4, 0.5) is 26.2 Å². The molecule has 0 aliphatic carbocycles. The summed E-state index contributed by atoms with van der Waals surface area (Å²) in [7, 11) is 1.75. The number of primary amides is 1. The Balaban J connectivity index is 1.84. The first-order valence-electron chi connectivity index (χ1n) is 7.53. The molecule has 0 saturated carbocycles. The highest BCUT2D eigenvalue weighted by atomic mass is 19.2. The van der Waals surface area contributed by atoms with Crippen molar-refractivity contribution in [2.24, 2.45) is 12.8 Å². The maximum atomic E-state index is 13.8. The van der Waals surface area contributed by atoms with Crippen molar-refractivity contribution in [2.75, 3.05) is 10.6 Å². The van der Waals surface area contributed by atoms with Crippen LogP contribution in [0.5, 0.6) is 0 Å². The summed E-state index contributed by atoms with van der Waals surface area (Å²) < 4.78 is 28.7. The fourth-order valence-electron chi connectivity index (χ4n) is 2.24. The van der Waals surface area contributed by atoms with Gasteiger partial charge in [-0.25, -0.2) is 13.8 Å². The molecule has 3 aromatic rings. The number of aromatic nitrogens is 4. The quantitative estimate of drug-likeness (QED) is 0.620. The molecule has 2 aromatic heterocycles. The van der Waals surface area contributed by atoms with Crippen LogP contribution < -0.4 is 16.4 Å². The third-order valence-electron chi connectivity index (χ3n) is 3.49. The lowest BCUT2D eigenvalue weighted by Gasteiger charge is -2.11. The Kier molecular flexibility index (Phi) is 4.74. The van der Waals surface area contributed by atoms with E-state index in [4.69, 9.17) is 5.73 Å². The first kappa shape index (κ1) is 17.3. The number of amides is 1. The summed E-state index contributed by atoms with van der Waals surface area (Å²) in [5, 5.41) is 9.72. The van der Waals surface area contributed by atoms with E-state index in [9.17, 15) is 13.6 Å². The normalized spacial score (nSPS) is 10.6. The Hall–Kier alpha value is -3.56. The molecule has 0 bridgehead atoms. The second-order valence-corrected chi connectivity index (χ2v) is 5.41. The van der Waals surface area contributed by atoms with Crippen LogP contribution in [0.25, 0.3) is 0 Å². The number of anilines is 3. The number of nitrogens with two attached hydrogens (primary N) is 1. The lowest BCUT2D eigenvalue weighted by Crippen LogP contribution is -2.17. The van der Waals surface area contributed by atoms with E-state index in [0.29, 0.717) is 5.69 Å². The van der Waals surface area contributed by atoms with Crippen LogP contribution in [0.15, 0.2) is 36.8 Å². The van der Waals surface area contributed by atoms with Crippen molar-refractivity contribution < 1.29 is 13.6 Å². The van der Waals surface area contributed by atoms with Crippen LogP contribution in [0.1, 0.15) is 15.9 Å². The molecule has 0 radical (unpaired) electrons. The largest absolute Gasteiger partial charge is 0.365 e. The molecule has 3 rings (SSSR count). The zero-order valence-electron chi connectivity index (χ0n) is 13.7. The van der Waals surface area contributed by atoms with Gasteiger partial charge in [0.1, 0.15) is 5.82 Å². The predicted octanol–water partition coefficient (Wildman–Crippen LogP) is 1.94. The number of carbonyl (C=O) groups excluding carboxylic acids is 1. The smallest absolute Gasteiger partial charge is 0.254 e. The predicted molar refractivity (Wildman–Crippen MR) is 90.7 cm³/mol. The summed E-state index contributed by atoms with van der Waals surface area (Å²) in [5.74, 6) is -2.39. The fraction of sp³-hybridized carbons (Fsp3) is 0.125. The van der Waals surface area contributed by atoms with Crippen molar-refractivity contribution in [1.82, 2.24) is 19.7 Å². The molecule has 0 unspecified atom stereocenters. The van der Waals surface area contributed by atoms with Crippen molar-refractivity contribution in [3.63, 3.8) is 0 Å². The Labute approximate surface area is 147 Å². The first-order valence-corrected chi connectivity index (χ1v) is 7.53. The summed E-state index contributed by atoms with van der Waals surface area (Å²) in [4.78, 5) is 19.8. The molecule has 0 aliphatic heterocycles. The first-order chi connectivity index (χ1) is 12.4. The van der Waals surface area contributed by atoms with Crippen LogP contribution in [-0.4, -0.2) is 25.7 Å². The van der Waals surface area contributed by atoms with Crippen LogP contribution in [-0.2, 0) is 13.6 Å². The molecule has 4 N–H and O–H groups in total. The number of nitrogens with zero attached hydrogens (tertiary/aromatic N) is 4. The van der Waals surface area contributed by atoms with Gasteiger partial charge >= 0.3 is 0 Å². The molecule has 0 atom stereocenters. The highest BCUT2D eigenvalue weighted by Gasteiger charge is 2.14. The maximum Gasteiger partial charge on any atom is 0.254 e. The molecule has 1 amide bonds. The van der Waals surface area contributed by atoms with Gasteiger partial charge in [0, 0.05) is 31.5 Å². The molecule has 0 fully saturated rings. The van der Waals surface area contributed by atoms with E-state index in [1.54, 1.807) is 24.1 Å². The SMILES string of the molecule is Cn1cc(Nc2ncc(C(N)=O)c(NCc3cccc(F)c3F)n2)cn1. The second kappa shape index (κ2) is 7.13. The molecule has 8 nitrogen and oxygen atoms in total. The fourth-order valence-corrected chi connectivity index (χ4v) is 2.24. The van der Waals surface area contributed by atoms with Gasteiger partial charge in [-0.2, -0.15) is 10.1 Å². The van der Waals surface area contributed by atoms with Crippen LogP contribution in [0.2, 0.25) is 0 Å². The van der Waals surface area contributed by atoms with Crippen molar-refractivity contribution in [2.45, 2.75) is 6.54 Å². The lowest BCUT2D eigenvalue weighted by atomic mass is 10.2. The number of rotatable bonds is 6. The Morgan fingerprint density at radius 1 is 1.31 bits per heavy atom. The summed E-state index contributed by atoms with van der Waals surface area (Å²) in [5.41, 5.74) is 6.07. The van der Waals surface area contributed by atoms with Crippen molar-refractivity contribution in [3.8, 4) is 0 Å². The zero-order valence-corrected chi connectivity index (χ0v) is 13.7. The summed E-state index contributed by atoms with van der Waals surface area (Å²) in [6.07, 6.45) is 4.53. The Morgan fingerprint density at radius 2 is 2.12 bits per heavy atom. The van der Waals surface area contributed by atoms with E-state index in [1.165, 1.54) is 18.3 Å². The highest BCUT2D eigenvalue weighted by Crippen LogP contribution is 2.19. The van der Waals surface area contributed by atoms with E-state index >= 15 is 0 Å². The van der Waals surface area contributed by atoms with Crippen molar-refractivity contribution in [1.29, 1.82) is 0 Å². The second-order valence-electron chi connectivity index (χ2n) is 5.41. The molecular formula is C16H15F2N7O. The number of hydrogen-bond donors (Lipinski definition) is 3. The molecule has 0 saturated heterocycles. The minimum Gasteiger partial charge on any atom is -0.365 e. The molecule has 0 aliphatic rings. The number of benzene rings is 1. The number of aryl methyl sites for hydroxylation is 1.